The molecule has 1 aliphatic rings. The lowest BCUT2D eigenvalue weighted by molar-refractivity contribution is -0.116. The van der Waals surface area contributed by atoms with Gasteiger partial charge >= 0.3 is 0 Å². The summed E-state index contributed by atoms with van der Waals surface area (Å²) in [6, 6.07) is 14.3. The van der Waals surface area contributed by atoms with Crippen LogP contribution in [-0.2, 0) is 14.6 Å². The number of para-hydroxylation sites is 1. The highest BCUT2D eigenvalue weighted by atomic mass is 32.2. The van der Waals surface area contributed by atoms with Gasteiger partial charge in [-0.1, -0.05) is 35.9 Å². The van der Waals surface area contributed by atoms with Gasteiger partial charge in [0, 0.05) is 28.2 Å². The molecule has 0 aliphatic carbocycles. The van der Waals surface area contributed by atoms with Crippen LogP contribution < -0.4 is 10.1 Å². The minimum atomic E-state index is -3.74. The minimum Gasteiger partial charge on any atom is -0.494 e. The summed E-state index contributed by atoms with van der Waals surface area (Å²) in [7, 11) is -3.74. The molecule has 0 unspecified atom stereocenters. The van der Waals surface area contributed by atoms with Crippen LogP contribution in [0.2, 0.25) is 0 Å². The summed E-state index contributed by atoms with van der Waals surface area (Å²) >= 11 is 1.36. The maximum absolute atomic E-state index is 13.2. The first-order valence-electron chi connectivity index (χ1n) is 9.36. The molecular weight excluding hydrogens is 406 g/mol. The van der Waals surface area contributed by atoms with Crippen LogP contribution in [0, 0.1) is 6.92 Å². The molecule has 29 heavy (non-hydrogen) atoms. The molecule has 2 aromatic carbocycles. The lowest BCUT2D eigenvalue weighted by Crippen LogP contribution is -2.23. The van der Waals surface area contributed by atoms with Gasteiger partial charge in [0.2, 0.25) is 15.7 Å². The third-order valence-corrected chi connectivity index (χ3v) is 8.01. The number of fused-ring (bicyclic) bond motifs is 1. The Hall–Kier alpha value is -2.64. The van der Waals surface area contributed by atoms with Crippen LogP contribution in [0.15, 0.2) is 63.7 Å². The van der Waals surface area contributed by atoms with Crippen molar-refractivity contribution in [2.75, 3.05) is 11.9 Å². The molecule has 7 heteroatoms. The zero-order valence-corrected chi connectivity index (χ0v) is 17.8. The summed E-state index contributed by atoms with van der Waals surface area (Å²) in [6.45, 7) is 4.33. The molecular formula is C22H21NO4S2. The van der Waals surface area contributed by atoms with Gasteiger partial charge in [-0.25, -0.2) is 8.42 Å². The second-order valence-electron chi connectivity index (χ2n) is 6.93. The number of hydrogen-bond donors (Lipinski definition) is 1. The van der Waals surface area contributed by atoms with Crippen LogP contribution in [0.1, 0.15) is 35.3 Å². The largest absolute Gasteiger partial charge is 0.494 e. The number of thiophene rings is 1. The molecule has 1 aromatic heterocycles. The van der Waals surface area contributed by atoms with Crippen molar-refractivity contribution in [1.82, 2.24) is 0 Å². The van der Waals surface area contributed by atoms with E-state index in [-0.39, 0.29) is 28.0 Å². The third kappa shape index (κ3) is 3.56. The van der Waals surface area contributed by atoms with Gasteiger partial charge in [-0.05, 0) is 32.0 Å². The summed E-state index contributed by atoms with van der Waals surface area (Å²) in [4.78, 5) is 13.7. The monoisotopic (exact) mass is 427 g/mol. The maximum Gasteiger partial charge on any atom is 0.225 e. The average molecular weight is 428 g/mol. The standard InChI is InChI=1S/C22H21NO4S2/c1-3-27-18-7-5-4-6-16(18)17-12-20(24)23-21-19(13-28-22(17)21)29(25,26)15-10-8-14(2)9-11-15/h4-11,13,17H,3,12H2,1-2H3,(H,23,24)/t17-/m0/s1. The fourth-order valence-electron chi connectivity index (χ4n) is 3.55. The lowest BCUT2D eigenvalue weighted by Gasteiger charge is -2.25. The highest BCUT2D eigenvalue weighted by Crippen LogP contribution is 2.47. The van der Waals surface area contributed by atoms with Gasteiger partial charge in [-0.15, -0.1) is 11.3 Å². The van der Waals surface area contributed by atoms with E-state index in [0.717, 1.165) is 21.8 Å². The van der Waals surface area contributed by atoms with E-state index >= 15 is 0 Å². The van der Waals surface area contributed by atoms with Crippen LogP contribution in [0.25, 0.3) is 0 Å². The summed E-state index contributed by atoms with van der Waals surface area (Å²) < 4.78 is 32.2. The van der Waals surface area contributed by atoms with E-state index in [1.54, 1.807) is 29.6 Å². The van der Waals surface area contributed by atoms with Crippen LogP contribution in [0.5, 0.6) is 5.75 Å². The van der Waals surface area contributed by atoms with Crippen LogP contribution in [0.4, 0.5) is 5.69 Å². The molecule has 1 atom stereocenters. The van der Waals surface area contributed by atoms with Crippen molar-refractivity contribution in [2.24, 2.45) is 0 Å². The van der Waals surface area contributed by atoms with Crippen LogP contribution in [-0.4, -0.2) is 20.9 Å². The minimum absolute atomic E-state index is 0.147. The van der Waals surface area contributed by atoms with Crippen molar-refractivity contribution in [2.45, 2.75) is 36.0 Å². The van der Waals surface area contributed by atoms with E-state index in [1.165, 1.54) is 11.3 Å². The Morgan fingerprint density at radius 1 is 1.14 bits per heavy atom. The number of sulfone groups is 1. The number of ether oxygens (including phenoxy) is 1. The van der Waals surface area contributed by atoms with Crippen molar-refractivity contribution < 1.29 is 17.9 Å². The first kappa shape index (κ1) is 19.7. The van der Waals surface area contributed by atoms with Gasteiger partial charge in [0.15, 0.2) is 0 Å². The highest BCUT2D eigenvalue weighted by Gasteiger charge is 2.35. The molecule has 0 saturated carbocycles. The van der Waals surface area contributed by atoms with Gasteiger partial charge in [-0.3, -0.25) is 4.79 Å². The first-order chi connectivity index (χ1) is 13.9. The normalized spacial score (nSPS) is 16.2. The number of amides is 1. The van der Waals surface area contributed by atoms with E-state index in [2.05, 4.69) is 5.32 Å². The van der Waals surface area contributed by atoms with Crippen LogP contribution >= 0.6 is 11.3 Å². The number of nitrogens with one attached hydrogen (secondary N) is 1. The van der Waals surface area contributed by atoms with Gasteiger partial charge in [-0.2, -0.15) is 0 Å². The summed E-state index contributed by atoms with van der Waals surface area (Å²) in [5.74, 6) is 0.276. The Morgan fingerprint density at radius 3 is 2.59 bits per heavy atom. The van der Waals surface area contributed by atoms with Crippen molar-refractivity contribution in [3.05, 3.63) is 69.9 Å². The quantitative estimate of drug-likeness (QED) is 0.637. The van der Waals surface area contributed by atoms with E-state index in [1.807, 2.05) is 38.1 Å². The predicted octanol–water partition coefficient (Wildman–Crippen LogP) is 4.76. The van der Waals surface area contributed by atoms with E-state index in [4.69, 9.17) is 4.74 Å². The van der Waals surface area contributed by atoms with Gasteiger partial charge in [0.25, 0.3) is 0 Å². The number of hydrogen-bond acceptors (Lipinski definition) is 5. The van der Waals surface area contributed by atoms with Crippen molar-refractivity contribution in [3.63, 3.8) is 0 Å². The molecule has 3 aromatic rings. The Kier molecular flexibility index (Phi) is 5.19. The van der Waals surface area contributed by atoms with E-state index < -0.39 is 9.84 Å². The zero-order valence-electron chi connectivity index (χ0n) is 16.1. The second-order valence-corrected chi connectivity index (χ2v) is 9.76. The molecule has 150 valence electrons. The number of carbonyl (C=O) groups excluding carboxylic acids is 1. The summed E-state index contributed by atoms with van der Waals surface area (Å²) in [5.41, 5.74) is 2.27. The molecule has 2 heterocycles. The fraction of sp³-hybridized carbons (Fsp3) is 0.227. The molecule has 0 spiro atoms. The average Bonchev–Trinajstić information content (AvgIpc) is 3.13. The topological polar surface area (TPSA) is 72.5 Å². The molecule has 0 saturated heterocycles. The summed E-state index contributed by atoms with van der Waals surface area (Å²) in [6.07, 6.45) is 0.252. The molecule has 1 N–H and O–H groups in total. The number of benzene rings is 2. The Morgan fingerprint density at radius 2 is 1.86 bits per heavy atom. The molecule has 0 fully saturated rings. The number of carbonyl (C=O) groups is 1. The van der Waals surface area contributed by atoms with Gasteiger partial charge in [0.1, 0.15) is 10.6 Å². The van der Waals surface area contributed by atoms with Crippen molar-refractivity contribution in [3.8, 4) is 5.75 Å². The molecule has 4 rings (SSSR count). The SMILES string of the molecule is CCOc1ccccc1[C@@H]1CC(=O)Nc2c(S(=O)(=O)c3ccc(C)cc3)csc21. The molecule has 1 amide bonds. The second kappa shape index (κ2) is 7.65. The van der Waals surface area contributed by atoms with E-state index in [0.29, 0.717) is 12.3 Å². The molecule has 5 nitrogen and oxygen atoms in total. The highest BCUT2D eigenvalue weighted by molar-refractivity contribution is 7.91. The predicted molar refractivity (Wildman–Crippen MR) is 114 cm³/mol. The Balaban J connectivity index is 1.82. The Bertz CT molecular complexity index is 1160. The number of anilines is 1. The summed E-state index contributed by atoms with van der Waals surface area (Å²) in [5, 5.41) is 4.43. The van der Waals surface area contributed by atoms with E-state index in [9.17, 15) is 13.2 Å². The van der Waals surface area contributed by atoms with Gasteiger partial charge in [0.05, 0.1) is 17.2 Å². The number of rotatable bonds is 5. The van der Waals surface area contributed by atoms with Crippen LogP contribution in [0.3, 0.4) is 0 Å². The third-order valence-electron chi connectivity index (χ3n) is 4.97. The molecule has 0 bridgehead atoms. The Labute approximate surface area is 174 Å². The first-order valence-corrected chi connectivity index (χ1v) is 11.7. The zero-order chi connectivity index (χ0) is 20.6. The number of aryl methyl sites for hydroxylation is 1. The van der Waals surface area contributed by atoms with Crippen molar-refractivity contribution >= 4 is 32.8 Å². The smallest absolute Gasteiger partial charge is 0.225 e. The molecule has 1 aliphatic heterocycles. The fourth-order valence-corrected chi connectivity index (χ4v) is 6.45. The molecule has 0 radical (unpaired) electrons. The lowest BCUT2D eigenvalue weighted by atomic mass is 9.90. The van der Waals surface area contributed by atoms with Gasteiger partial charge < -0.3 is 10.1 Å². The van der Waals surface area contributed by atoms with Crippen molar-refractivity contribution in [1.29, 1.82) is 0 Å². The maximum atomic E-state index is 13.2.